The maximum Gasteiger partial charge on any atom is 0.226 e. The Bertz CT molecular complexity index is 740. The molecule has 1 aliphatic rings. The van der Waals surface area contributed by atoms with E-state index < -0.39 is 0 Å². The lowest BCUT2D eigenvalue weighted by molar-refractivity contribution is -0.116. The molecule has 2 aromatic rings. The van der Waals surface area contributed by atoms with E-state index in [1.807, 2.05) is 36.4 Å². The number of phenols is 1. The summed E-state index contributed by atoms with van der Waals surface area (Å²) in [5.41, 5.74) is 3.77. The zero-order valence-corrected chi connectivity index (χ0v) is 12.9. The Kier molecular flexibility index (Phi) is 4.33. The number of carbonyl (C=O) groups is 1. The molecule has 23 heavy (non-hydrogen) atoms. The summed E-state index contributed by atoms with van der Waals surface area (Å²) in [4.78, 5) is 11.9. The number of nitrogens with one attached hydrogen (secondary N) is 2. The van der Waals surface area contributed by atoms with Gasteiger partial charge in [0, 0.05) is 0 Å². The maximum atomic E-state index is 11.9. The van der Waals surface area contributed by atoms with Crippen LogP contribution in [0.4, 0.5) is 11.4 Å². The number of aryl methyl sites for hydroxylation is 2. The molecule has 0 saturated carbocycles. The first-order valence-corrected chi connectivity index (χ1v) is 7.75. The molecule has 1 aliphatic heterocycles. The van der Waals surface area contributed by atoms with E-state index in [1.54, 1.807) is 12.1 Å². The standard InChI is InChI=1S/C19H20N2O2/c1-2-15-12-18(23)21-16-8-5-7-14(19(16)20-15)11-10-13-6-3-4-9-17(13)22/h2-9,15,20,22H,1,10-12H2,(H,21,23)/t15-/m1/s1. The highest BCUT2D eigenvalue weighted by molar-refractivity contribution is 5.97. The van der Waals surface area contributed by atoms with Gasteiger partial charge in [-0.3, -0.25) is 4.79 Å². The van der Waals surface area contributed by atoms with E-state index in [1.165, 1.54) is 0 Å². The SMILES string of the molecule is C=C[C@@H]1CC(=O)Nc2cccc(CCc3ccccc3O)c2N1. The first-order chi connectivity index (χ1) is 11.2. The molecule has 1 amide bonds. The summed E-state index contributed by atoms with van der Waals surface area (Å²) < 4.78 is 0. The van der Waals surface area contributed by atoms with Gasteiger partial charge in [0.15, 0.2) is 0 Å². The van der Waals surface area contributed by atoms with Crippen LogP contribution >= 0.6 is 0 Å². The first-order valence-electron chi connectivity index (χ1n) is 7.75. The van der Waals surface area contributed by atoms with Crippen LogP contribution in [0, 0.1) is 0 Å². The average molecular weight is 308 g/mol. The number of carbonyl (C=O) groups excluding carboxylic acids is 1. The molecular formula is C19H20N2O2. The van der Waals surface area contributed by atoms with Crippen molar-refractivity contribution in [3.63, 3.8) is 0 Å². The van der Waals surface area contributed by atoms with Crippen LogP contribution < -0.4 is 10.6 Å². The molecule has 4 heteroatoms. The number of phenolic OH excluding ortho intramolecular Hbond substituents is 1. The molecule has 0 radical (unpaired) electrons. The van der Waals surface area contributed by atoms with E-state index in [0.717, 1.165) is 35.3 Å². The van der Waals surface area contributed by atoms with E-state index in [9.17, 15) is 9.90 Å². The summed E-state index contributed by atoms with van der Waals surface area (Å²) in [6.45, 7) is 3.79. The lowest BCUT2D eigenvalue weighted by Crippen LogP contribution is -2.20. The van der Waals surface area contributed by atoms with Crippen molar-refractivity contribution in [2.24, 2.45) is 0 Å². The molecule has 118 valence electrons. The highest BCUT2D eigenvalue weighted by Crippen LogP contribution is 2.31. The van der Waals surface area contributed by atoms with Gasteiger partial charge in [-0.2, -0.15) is 0 Å². The van der Waals surface area contributed by atoms with Gasteiger partial charge >= 0.3 is 0 Å². The van der Waals surface area contributed by atoms with Crippen LogP contribution in [-0.4, -0.2) is 17.1 Å². The summed E-state index contributed by atoms with van der Waals surface area (Å²) >= 11 is 0. The second-order valence-electron chi connectivity index (χ2n) is 5.71. The lowest BCUT2D eigenvalue weighted by atomic mass is 10.0. The van der Waals surface area contributed by atoms with Crippen LogP contribution in [0.3, 0.4) is 0 Å². The Labute approximate surface area is 135 Å². The van der Waals surface area contributed by atoms with Crippen LogP contribution in [0.5, 0.6) is 5.75 Å². The Balaban J connectivity index is 1.86. The molecule has 0 aromatic heterocycles. The minimum absolute atomic E-state index is 0.0148. The molecule has 0 spiro atoms. The summed E-state index contributed by atoms with van der Waals surface area (Å²) in [6.07, 6.45) is 3.64. The third kappa shape index (κ3) is 3.37. The highest BCUT2D eigenvalue weighted by atomic mass is 16.3. The third-order valence-electron chi connectivity index (χ3n) is 4.10. The van der Waals surface area contributed by atoms with Crippen molar-refractivity contribution in [1.82, 2.24) is 0 Å². The molecule has 0 fully saturated rings. The van der Waals surface area contributed by atoms with Crippen molar-refractivity contribution in [2.75, 3.05) is 10.6 Å². The van der Waals surface area contributed by atoms with Crippen molar-refractivity contribution in [3.8, 4) is 5.75 Å². The summed E-state index contributed by atoms with van der Waals surface area (Å²) in [7, 11) is 0. The zero-order valence-electron chi connectivity index (χ0n) is 12.9. The molecule has 0 saturated heterocycles. The molecule has 3 N–H and O–H groups in total. The van der Waals surface area contributed by atoms with Crippen molar-refractivity contribution < 1.29 is 9.90 Å². The smallest absolute Gasteiger partial charge is 0.226 e. The predicted molar refractivity (Wildman–Crippen MR) is 92.8 cm³/mol. The van der Waals surface area contributed by atoms with Crippen molar-refractivity contribution in [3.05, 3.63) is 66.2 Å². The zero-order chi connectivity index (χ0) is 16.2. The second-order valence-corrected chi connectivity index (χ2v) is 5.71. The number of hydrogen-bond donors (Lipinski definition) is 3. The maximum absolute atomic E-state index is 11.9. The van der Waals surface area contributed by atoms with Gasteiger partial charge in [0.1, 0.15) is 5.75 Å². The Morgan fingerprint density at radius 3 is 2.65 bits per heavy atom. The topological polar surface area (TPSA) is 61.4 Å². The summed E-state index contributed by atoms with van der Waals surface area (Å²) in [5, 5.41) is 16.2. The monoisotopic (exact) mass is 308 g/mol. The highest BCUT2D eigenvalue weighted by Gasteiger charge is 2.20. The Morgan fingerprint density at radius 2 is 1.87 bits per heavy atom. The molecule has 2 aromatic carbocycles. The molecule has 4 nitrogen and oxygen atoms in total. The van der Waals surface area contributed by atoms with Crippen molar-refractivity contribution in [2.45, 2.75) is 25.3 Å². The van der Waals surface area contributed by atoms with Gasteiger partial charge in [0.2, 0.25) is 5.91 Å². The number of aromatic hydroxyl groups is 1. The fourth-order valence-corrected chi connectivity index (χ4v) is 2.85. The number of hydrogen-bond acceptors (Lipinski definition) is 3. The van der Waals surface area contributed by atoms with E-state index in [2.05, 4.69) is 17.2 Å². The molecular weight excluding hydrogens is 288 g/mol. The van der Waals surface area contributed by atoms with Gasteiger partial charge < -0.3 is 15.7 Å². The Hall–Kier alpha value is -2.75. The fourth-order valence-electron chi connectivity index (χ4n) is 2.85. The summed E-state index contributed by atoms with van der Waals surface area (Å²) in [5.74, 6) is 0.304. The van der Waals surface area contributed by atoms with Gasteiger partial charge in [0.25, 0.3) is 0 Å². The molecule has 0 aliphatic carbocycles. The van der Waals surface area contributed by atoms with Crippen LogP contribution in [0.25, 0.3) is 0 Å². The largest absolute Gasteiger partial charge is 0.508 e. The molecule has 0 unspecified atom stereocenters. The number of rotatable bonds is 4. The fraction of sp³-hybridized carbons (Fsp3) is 0.211. The lowest BCUT2D eigenvalue weighted by Gasteiger charge is -2.17. The van der Waals surface area contributed by atoms with Gasteiger partial charge in [-0.25, -0.2) is 0 Å². The number of fused-ring (bicyclic) bond motifs is 1. The number of benzene rings is 2. The number of amides is 1. The average Bonchev–Trinajstić information content (AvgIpc) is 2.72. The van der Waals surface area contributed by atoms with E-state index in [-0.39, 0.29) is 11.9 Å². The van der Waals surface area contributed by atoms with E-state index in [0.29, 0.717) is 12.2 Å². The van der Waals surface area contributed by atoms with Gasteiger partial charge in [-0.1, -0.05) is 36.4 Å². The molecule has 0 bridgehead atoms. The summed E-state index contributed by atoms with van der Waals surface area (Å²) in [6, 6.07) is 13.2. The molecule has 3 rings (SSSR count). The number of anilines is 2. The molecule has 1 heterocycles. The van der Waals surface area contributed by atoms with E-state index >= 15 is 0 Å². The predicted octanol–water partition coefficient (Wildman–Crippen LogP) is 3.49. The van der Waals surface area contributed by atoms with Crippen molar-refractivity contribution in [1.29, 1.82) is 0 Å². The second kappa shape index (κ2) is 6.57. The third-order valence-corrected chi connectivity index (χ3v) is 4.10. The van der Waals surface area contributed by atoms with Crippen LogP contribution in [0.15, 0.2) is 55.1 Å². The van der Waals surface area contributed by atoms with Crippen LogP contribution in [0.2, 0.25) is 0 Å². The Morgan fingerprint density at radius 1 is 1.13 bits per heavy atom. The normalized spacial score (nSPS) is 16.7. The minimum atomic E-state index is -0.0810. The minimum Gasteiger partial charge on any atom is -0.508 e. The van der Waals surface area contributed by atoms with Crippen molar-refractivity contribution >= 4 is 17.3 Å². The van der Waals surface area contributed by atoms with Gasteiger partial charge in [-0.05, 0) is 36.1 Å². The van der Waals surface area contributed by atoms with Gasteiger partial charge in [-0.15, -0.1) is 6.58 Å². The first kappa shape index (κ1) is 15.2. The number of para-hydroxylation sites is 2. The quantitative estimate of drug-likeness (QED) is 0.758. The van der Waals surface area contributed by atoms with E-state index in [4.69, 9.17) is 0 Å². The van der Waals surface area contributed by atoms with Gasteiger partial charge in [0.05, 0.1) is 23.8 Å². The van der Waals surface area contributed by atoms with Crippen LogP contribution in [0.1, 0.15) is 17.5 Å². The van der Waals surface area contributed by atoms with Crippen LogP contribution in [-0.2, 0) is 17.6 Å². The molecule has 1 atom stereocenters.